The van der Waals surface area contributed by atoms with Crippen molar-refractivity contribution >= 4 is 0 Å². The smallest absolute Gasteiger partial charge is 0.212 e. The summed E-state index contributed by atoms with van der Waals surface area (Å²) in [6, 6.07) is 4.67. The van der Waals surface area contributed by atoms with Gasteiger partial charge in [0.25, 0.3) is 0 Å². The Morgan fingerprint density at radius 1 is 1.11 bits per heavy atom. The van der Waals surface area contributed by atoms with Crippen molar-refractivity contribution in [1.82, 2.24) is 4.98 Å². The molecule has 0 bridgehead atoms. The first-order valence-corrected chi connectivity index (χ1v) is 5.36. The van der Waals surface area contributed by atoms with Gasteiger partial charge >= 0.3 is 0 Å². The van der Waals surface area contributed by atoms with E-state index in [0.29, 0.717) is 5.88 Å². The number of benzene rings is 1. The van der Waals surface area contributed by atoms with Crippen LogP contribution in [0.25, 0.3) is 0 Å². The third-order valence-corrected chi connectivity index (χ3v) is 2.64. The Morgan fingerprint density at radius 2 is 1.84 bits per heavy atom. The molecule has 1 atom stereocenters. The van der Waals surface area contributed by atoms with Gasteiger partial charge < -0.3 is 9.84 Å². The second kappa shape index (κ2) is 5.27. The molecule has 0 saturated heterocycles. The van der Waals surface area contributed by atoms with Gasteiger partial charge in [-0.05, 0) is 12.1 Å². The second-order valence-electron chi connectivity index (χ2n) is 3.80. The van der Waals surface area contributed by atoms with E-state index in [4.69, 9.17) is 4.74 Å². The first-order chi connectivity index (χ1) is 9.04. The maximum Gasteiger partial charge on any atom is 0.212 e. The molecule has 0 amide bonds. The Labute approximate surface area is 107 Å². The molecule has 3 nitrogen and oxygen atoms in total. The fourth-order valence-electron chi connectivity index (χ4n) is 1.61. The standard InChI is InChI=1S/C13H10F3NO2/c1-19-10-5-2-7(6-17-10)13(18)8-3-4-9(14)12(16)11(8)15/h2-6,13,18H,1H3. The van der Waals surface area contributed by atoms with E-state index < -0.39 is 23.6 Å². The van der Waals surface area contributed by atoms with E-state index in [1.54, 1.807) is 0 Å². The van der Waals surface area contributed by atoms with Crippen molar-refractivity contribution in [3.8, 4) is 5.88 Å². The van der Waals surface area contributed by atoms with Crippen LogP contribution in [0.5, 0.6) is 5.88 Å². The Morgan fingerprint density at radius 3 is 2.42 bits per heavy atom. The Kier molecular flexibility index (Phi) is 3.71. The molecule has 6 heteroatoms. The van der Waals surface area contributed by atoms with E-state index in [0.717, 1.165) is 12.1 Å². The third-order valence-electron chi connectivity index (χ3n) is 2.64. The lowest BCUT2D eigenvalue weighted by Crippen LogP contribution is -2.06. The molecule has 1 N–H and O–H groups in total. The summed E-state index contributed by atoms with van der Waals surface area (Å²) in [6.45, 7) is 0. The molecule has 1 aromatic carbocycles. The minimum Gasteiger partial charge on any atom is -0.481 e. The summed E-state index contributed by atoms with van der Waals surface area (Å²) in [4.78, 5) is 3.84. The zero-order valence-electron chi connectivity index (χ0n) is 9.90. The van der Waals surface area contributed by atoms with E-state index in [9.17, 15) is 18.3 Å². The highest BCUT2D eigenvalue weighted by atomic mass is 19.2. The molecule has 0 aliphatic heterocycles. The van der Waals surface area contributed by atoms with Crippen LogP contribution < -0.4 is 4.74 Å². The molecule has 1 heterocycles. The van der Waals surface area contributed by atoms with Crippen molar-refractivity contribution in [3.63, 3.8) is 0 Å². The number of hydrogen-bond donors (Lipinski definition) is 1. The van der Waals surface area contributed by atoms with Crippen LogP contribution in [-0.2, 0) is 0 Å². The predicted molar refractivity (Wildman–Crippen MR) is 61.2 cm³/mol. The van der Waals surface area contributed by atoms with E-state index >= 15 is 0 Å². The quantitative estimate of drug-likeness (QED) is 0.871. The molecule has 0 radical (unpaired) electrons. The van der Waals surface area contributed by atoms with Crippen molar-refractivity contribution < 1.29 is 23.0 Å². The summed E-state index contributed by atoms with van der Waals surface area (Å²) < 4.78 is 44.2. The maximum absolute atomic E-state index is 13.5. The van der Waals surface area contributed by atoms with E-state index in [1.165, 1.54) is 25.4 Å². The molecule has 1 aromatic heterocycles. The average molecular weight is 269 g/mol. The molecule has 0 aliphatic carbocycles. The van der Waals surface area contributed by atoms with Crippen molar-refractivity contribution in [1.29, 1.82) is 0 Å². The Bertz CT molecular complexity index is 587. The number of ether oxygens (including phenoxy) is 1. The highest BCUT2D eigenvalue weighted by Crippen LogP contribution is 2.26. The number of halogens is 3. The molecule has 2 rings (SSSR count). The normalized spacial score (nSPS) is 12.3. The van der Waals surface area contributed by atoms with Gasteiger partial charge in [0.05, 0.1) is 7.11 Å². The van der Waals surface area contributed by atoms with Gasteiger partial charge in [0.2, 0.25) is 5.88 Å². The lowest BCUT2D eigenvalue weighted by atomic mass is 10.0. The molecular formula is C13H10F3NO2. The molecule has 19 heavy (non-hydrogen) atoms. The third kappa shape index (κ3) is 2.53. The van der Waals surface area contributed by atoms with Crippen LogP contribution in [0.3, 0.4) is 0 Å². The van der Waals surface area contributed by atoms with Crippen LogP contribution in [-0.4, -0.2) is 17.2 Å². The monoisotopic (exact) mass is 269 g/mol. The number of aliphatic hydroxyl groups excluding tert-OH is 1. The van der Waals surface area contributed by atoms with Crippen molar-refractivity contribution in [2.45, 2.75) is 6.10 Å². The maximum atomic E-state index is 13.5. The van der Waals surface area contributed by atoms with Gasteiger partial charge in [-0.2, -0.15) is 0 Å². The summed E-state index contributed by atoms with van der Waals surface area (Å²) >= 11 is 0. The van der Waals surface area contributed by atoms with Gasteiger partial charge in [-0.25, -0.2) is 18.2 Å². The van der Waals surface area contributed by atoms with E-state index in [-0.39, 0.29) is 11.1 Å². The first-order valence-electron chi connectivity index (χ1n) is 5.36. The van der Waals surface area contributed by atoms with E-state index in [2.05, 4.69) is 4.98 Å². The Balaban J connectivity index is 2.38. The number of aliphatic hydroxyl groups is 1. The molecular weight excluding hydrogens is 259 g/mol. The number of aromatic nitrogens is 1. The van der Waals surface area contributed by atoms with Crippen LogP contribution >= 0.6 is 0 Å². The molecule has 0 fully saturated rings. The van der Waals surface area contributed by atoms with Gasteiger partial charge in [-0.15, -0.1) is 0 Å². The summed E-state index contributed by atoms with van der Waals surface area (Å²) in [7, 11) is 1.42. The van der Waals surface area contributed by atoms with E-state index in [1.807, 2.05) is 0 Å². The fourth-order valence-corrected chi connectivity index (χ4v) is 1.61. The number of pyridine rings is 1. The Hall–Kier alpha value is -2.08. The van der Waals surface area contributed by atoms with Gasteiger partial charge in [0, 0.05) is 23.4 Å². The molecule has 1 unspecified atom stereocenters. The number of hydrogen-bond acceptors (Lipinski definition) is 3. The predicted octanol–water partition coefficient (Wildman–Crippen LogP) is 2.59. The van der Waals surface area contributed by atoms with Crippen LogP contribution in [0.4, 0.5) is 13.2 Å². The van der Waals surface area contributed by atoms with Gasteiger partial charge in [-0.3, -0.25) is 0 Å². The van der Waals surface area contributed by atoms with Crippen molar-refractivity contribution in [2.24, 2.45) is 0 Å². The second-order valence-corrected chi connectivity index (χ2v) is 3.80. The summed E-state index contributed by atoms with van der Waals surface area (Å²) in [6.07, 6.45) is -0.169. The summed E-state index contributed by atoms with van der Waals surface area (Å²) in [5, 5.41) is 9.94. The highest BCUT2D eigenvalue weighted by molar-refractivity contribution is 5.31. The van der Waals surface area contributed by atoms with Gasteiger partial charge in [0.1, 0.15) is 6.10 Å². The fraction of sp³-hybridized carbons (Fsp3) is 0.154. The zero-order valence-corrected chi connectivity index (χ0v) is 9.90. The molecule has 2 aromatic rings. The highest BCUT2D eigenvalue weighted by Gasteiger charge is 2.20. The molecule has 0 aliphatic rings. The molecule has 0 spiro atoms. The van der Waals surface area contributed by atoms with Crippen molar-refractivity contribution in [2.75, 3.05) is 7.11 Å². The zero-order chi connectivity index (χ0) is 14.0. The topological polar surface area (TPSA) is 42.4 Å². The number of nitrogens with zero attached hydrogens (tertiary/aromatic N) is 1. The number of rotatable bonds is 3. The lowest BCUT2D eigenvalue weighted by molar-refractivity contribution is 0.212. The number of methoxy groups -OCH3 is 1. The van der Waals surface area contributed by atoms with Crippen LogP contribution in [0.2, 0.25) is 0 Å². The minimum atomic E-state index is -1.61. The van der Waals surface area contributed by atoms with Crippen LogP contribution in [0, 0.1) is 17.5 Å². The summed E-state index contributed by atoms with van der Waals surface area (Å²) in [5.74, 6) is -4.01. The SMILES string of the molecule is COc1ccc(C(O)c2ccc(F)c(F)c2F)cn1. The molecule has 100 valence electrons. The minimum absolute atomic E-state index is 0.241. The van der Waals surface area contributed by atoms with Gasteiger partial charge in [-0.1, -0.05) is 6.07 Å². The van der Waals surface area contributed by atoms with Crippen molar-refractivity contribution in [3.05, 3.63) is 59.0 Å². The largest absolute Gasteiger partial charge is 0.481 e. The van der Waals surface area contributed by atoms with Crippen LogP contribution in [0.1, 0.15) is 17.2 Å². The first kappa shape index (κ1) is 13.4. The lowest BCUT2D eigenvalue weighted by Gasteiger charge is -2.13. The summed E-state index contributed by atoms with van der Waals surface area (Å²) in [5.41, 5.74) is -0.114. The average Bonchev–Trinajstić information content (AvgIpc) is 2.44. The van der Waals surface area contributed by atoms with Crippen LogP contribution in [0.15, 0.2) is 30.5 Å². The van der Waals surface area contributed by atoms with Gasteiger partial charge in [0.15, 0.2) is 17.5 Å². The molecule has 0 saturated carbocycles.